The van der Waals surface area contributed by atoms with Crippen LogP contribution in [0.3, 0.4) is 0 Å². The Morgan fingerprint density at radius 2 is 1.63 bits per heavy atom. The molecule has 9 nitrogen and oxygen atoms in total. The van der Waals surface area contributed by atoms with Crippen molar-refractivity contribution < 1.29 is 28.9 Å². The molecule has 0 spiro atoms. The van der Waals surface area contributed by atoms with E-state index in [1.807, 2.05) is 28.8 Å². The largest absolute Gasteiger partial charge is 0.497 e. The van der Waals surface area contributed by atoms with Gasteiger partial charge in [-0.1, -0.05) is 24.3 Å². The van der Waals surface area contributed by atoms with Gasteiger partial charge in [-0.3, -0.25) is 9.69 Å². The minimum atomic E-state index is -1.14. The maximum absolute atomic E-state index is 12.6. The quantitative estimate of drug-likeness (QED) is 0.366. The van der Waals surface area contributed by atoms with Gasteiger partial charge in [0.15, 0.2) is 0 Å². The molecule has 1 aromatic heterocycles. The number of para-hydroxylation sites is 2. The average Bonchev–Trinajstić information content (AvgIpc) is 3.28. The third-order valence-electron chi connectivity index (χ3n) is 5.27. The molecule has 0 radical (unpaired) electrons. The zero-order chi connectivity index (χ0) is 24.6. The predicted octanol–water partition coefficient (Wildman–Crippen LogP) is 4.21. The normalized spacial score (nSPS) is 10.7. The molecule has 3 aromatic carbocycles. The number of carboxylic acid groups (broad SMARTS) is 1. The molecule has 1 N–H and O–H groups in total. The van der Waals surface area contributed by atoms with Gasteiger partial charge in [0.25, 0.3) is 0 Å². The van der Waals surface area contributed by atoms with Crippen molar-refractivity contribution in [3.8, 4) is 17.2 Å². The molecule has 0 aliphatic heterocycles. The van der Waals surface area contributed by atoms with Gasteiger partial charge < -0.3 is 23.9 Å². The number of carbonyl (C=O) groups excluding carboxylic acids is 1. The van der Waals surface area contributed by atoms with Crippen LogP contribution in [0, 0.1) is 0 Å². The number of hydrogen-bond donors (Lipinski definition) is 1. The van der Waals surface area contributed by atoms with Gasteiger partial charge in [-0.15, -0.1) is 0 Å². The molecule has 0 atom stereocenters. The summed E-state index contributed by atoms with van der Waals surface area (Å²) in [7, 11) is 1.54. The second kappa shape index (κ2) is 11.1. The number of carbonyl (C=O) groups is 2. The molecular weight excluding hydrogens is 450 g/mol. The fourth-order valence-corrected chi connectivity index (χ4v) is 3.52. The van der Waals surface area contributed by atoms with Crippen LogP contribution in [0.25, 0.3) is 11.0 Å². The van der Waals surface area contributed by atoms with Crippen molar-refractivity contribution in [1.82, 2.24) is 14.5 Å². The molecule has 0 saturated carbocycles. The van der Waals surface area contributed by atoms with Gasteiger partial charge in [-0.05, 0) is 54.1 Å². The van der Waals surface area contributed by atoms with Crippen molar-refractivity contribution in [3.05, 3.63) is 84.7 Å². The van der Waals surface area contributed by atoms with Crippen LogP contribution in [-0.4, -0.2) is 51.9 Å². The number of benzene rings is 3. The second-order valence-corrected chi connectivity index (χ2v) is 7.71. The Hall–Kier alpha value is -4.53. The van der Waals surface area contributed by atoms with E-state index in [0.717, 1.165) is 21.5 Å². The number of nitrogens with zero attached hydrogens (tertiary/aromatic N) is 3. The molecule has 0 aliphatic rings. The van der Waals surface area contributed by atoms with Crippen LogP contribution in [0.15, 0.2) is 79.1 Å². The summed E-state index contributed by atoms with van der Waals surface area (Å²) < 4.78 is 18.3. The van der Waals surface area contributed by atoms with Gasteiger partial charge in [0, 0.05) is 6.54 Å². The maximum atomic E-state index is 12.6. The summed E-state index contributed by atoms with van der Waals surface area (Å²) in [6.07, 6.45) is 1.03. The SMILES string of the molecule is COc1ccc(OC(=O)N(CC(=O)O)Cc2ccc(OCCn3cnc4ccccc43)cc2)cc1. The first kappa shape index (κ1) is 23.6. The second-order valence-electron chi connectivity index (χ2n) is 7.71. The number of rotatable bonds is 10. The van der Waals surface area contributed by atoms with Crippen LogP contribution in [0.5, 0.6) is 17.2 Å². The molecule has 0 bridgehead atoms. The van der Waals surface area contributed by atoms with E-state index >= 15 is 0 Å². The molecule has 0 unspecified atom stereocenters. The van der Waals surface area contributed by atoms with E-state index in [1.165, 1.54) is 7.11 Å². The summed E-state index contributed by atoms with van der Waals surface area (Å²) >= 11 is 0. The summed E-state index contributed by atoms with van der Waals surface area (Å²) in [5.41, 5.74) is 2.73. The third-order valence-corrected chi connectivity index (χ3v) is 5.27. The monoisotopic (exact) mass is 475 g/mol. The average molecular weight is 476 g/mol. The number of aromatic nitrogens is 2. The van der Waals surface area contributed by atoms with Gasteiger partial charge in [0.05, 0.1) is 31.0 Å². The predicted molar refractivity (Wildman–Crippen MR) is 129 cm³/mol. The first-order valence-corrected chi connectivity index (χ1v) is 11.0. The van der Waals surface area contributed by atoms with Gasteiger partial charge in [0.1, 0.15) is 30.4 Å². The lowest BCUT2D eigenvalue weighted by molar-refractivity contribution is -0.138. The lowest BCUT2D eigenvalue weighted by Gasteiger charge is -2.20. The number of hydrogen-bond acceptors (Lipinski definition) is 6. The van der Waals surface area contributed by atoms with Crippen LogP contribution in [0.1, 0.15) is 5.56 Å². The van der Waals surface area contributed by atoms with Crippen molar-refractivity contribution in [3.63, 3.8) is 0 Å². The van der Waals surface area contributed by atoms with Crippen molar-refractivity contribution in [1.29, 1.82) is 0 Å². The van der Waals surface area contributed by atoms with Gasteiger partial charge in [-0.25, -0.2) is 9.78 Å². The number of aliphatic carboxylic acids is 1. The first-order valence-electron chi connectivity index (χ1n) is 11.0. The Bertz CT molecular complexity index is 1280. The van der Waals surface area contributed by atoms with Crippen LogP contribution < -0.4 is 14.2 Å². The van der Waals surface area contributed by atoms with Gasteiger partial charge in [0.2, 0.25) is 0 Å². The van der Waals surface area contributed by atoms with Crippen LogP contribution in [-0.2, 0) is 17.9 Å². The van der Waals surface area contributed by atoms with E-state index in [4.69, 9.17) is 14.2 Å². The Morgan fingerprint density at radius 3 is 2.34 bits per heavy atom. The molecule has 0 saturated heterocycles. The summed E-state index contributed by atoms with van der Waals surface area (Å²) in [5.74, 6) is 0.445. The molecule has 1 heterocycles. The van der Waals surface area contributed by atoms with Gasteiger partial charge in [-0.2, -0.15) is 0 Å². The molecule has 1 amide bonds. The standard InChI is InChI=1S/C26H25N3O6/c1-33-20-10-12-22(13-11-20)35-26(32)29(17-25(30)31)16-19-6-8-21(9-7-19)34-15-14-28-18-27-23-4-2-3-5-24(23)28/h2-13,18H,14-17H2,1H3,(H,30,31). The molecule has 4 rings (SSSR count). The summed E-state index contributed by atoms with van der Waals surface area (Å²) in [6, 6.07) is 21.5. The summed E-state index contributed by atoms with van der Waals surface area (Å²) in [4.78, 5) is 29.4. The lowest BCUT2D eigenvalue weighted by Crippen LogP contribution is -2.37. The maximum Gasteiger partial charge on any atom is 0.416 e. The summed E-state index contributed by atoms with van der Waals surface area (Å²) in [6.45, 7) is 0.680. The van der Waals surface area contributed by atoms with Crippen LogP contribution >= 0.6 is 0 Å². The van der Waals surface area contributed by atoms with E-state index in [-0.39, 0.29) is 6.54 Å². The highest BCUT2D eigenvalue weighted by Gasteiger charge is 2.19. The Morgan fingerprint density at radius 1 is 0.943 bits per heavy atom. The topological polar surface area (TPSA) is 103 Å². The van der Waals surface area contributed by atoms with Crippen LogP contribution in [0.4, 0.5) is 4.79 Å². The van der Waals surface area contributed by atoms with E-state index in [2.05, 4.69) is 4.98 Å². The highest BCUT2D eigenvalue weighted by atomic mass is 16.6. The molecule has 4 aromatic rings. The van der Waals surface area contributed by atoms with E-state index in [9.17, 15) is 14.7 Å². The van der Waals surface area contributed by atoms with E-state index < -0.39 is 18.6 Å². The van der Waals surface area contributed by atoms with Crippen LogP contribution in [0.2, 0.25) is 0 Å². The number of methoxy groups -OCH3 is 1. The molecule has 9 heteroatoms. The number of carboxylic acids is 1. The number of fused-ring (bicyclic) bond motifs is 1. The highest BCUT2D eigenvalue weighted by molar-refractivity contribution is 5.78. The fourth-order valence-electron chi connectivity index (χ4n) is 3.52. The molecular formula is C26H25N3O6. The molecule has 0 aliphatic carbocycles. The number of imidazole rings is 1. The Kier molecular flexibility index (Phi) is 7.47. The smallest absolute Gasteiger partial charge is 0.416 e. The molecule has 0 fully saturated rings. The number of ether oxygens (including phenoxy) is 3. The zero-order valence-electron chi connectivity index (χ0n) is 19.2. The van der Waals surface area contributed by atoms with E-state index in [0.29, 0.717) is 30.4 Å². The number of amides is 1. The van der Waals surface area contributed by atoms with E-state index in [1.54, 1.807) is 54.9 Å². The first-order chi connectivity index (χ1) is 17.0. The van der Waals surface area contributed by atoms with Crippen molar-refractivity contribution >= 4 is 23.1 Å². The zero-order valence-corrected chi connectivity index (χ0v) is 19.2. The minimum absolute atomic E-state index is 0.0720. The van der Waals surface area contributed by atoms with Gasteiger partial charge >= 0.3 is 12.1 Å². The fraction of sp³-hybridized carbons (Fsp3) is 0.192. The lowest BCUT2D eigenvalue weighted by atomic mass is 10.2. The highest BCUT2D eigenvalue weighted by Crippen LogP contribution is 2.19. The molecule has 35 heavy (non-hydrogen) atoms. The van der Waals surface area contributed by atoms with Crippen molar-refractivity contribution in [2.24, 2.45) is 0 Å². The third kappa shape index (κ3) is 6.29. The summed E-state index contributed by atoms with van der Waals surface area (Å²) in [5, 5.41) is 9.24. The minimum Gasteiger partial charge on any atom is -0.497 e. The van der Waals surface area contributed by atoms with Crippen molar-refractivity contribution in [2.75, 3.05) is 20.3 Å². The Labute approximate surface area is 202 Å². The molecule has 180 valence electrons. The Balaban J connectivity index is 1.33. The van der Waals surface area contributed by atoms with Crippen molar-refractivity contribution in [2.45, 2.75) is 13.1 Å².